The van der Waals surface area contributed by atoms with E-state index in [2.05, 4.69) is 18.7 Å². The molecule has 2 fully saturated rings. The molecule has 2 aliphatic rings. The highest BCUT2D eigenvalue weighted by atomic mass is 15.2. The van der Waals surface area contributed by atoms with Crippen LogP contribution in [0.3, 0.4) is 0 Å². The van der Waals surface area contributed by atoms with Gasteiger partial charge in [-0.05, 0) is 31.2 Å². The van der Waals surface area contributed by atoms with Gasteiger partial charge in [-0.2, -0.15) is 0 Å². The summed E-state index contributed by atoms with van der Waals surface area (Å²) in [7, 11) is 0. The Labute approximate surface area is 75.1 Å². The van der Waals surface area contributed by atoms with Crippen LogP contribution in [-0.4, -0.2) is 30.1 Å². The van der Waals surface area contributed by atoms with Crippen molar-refractivity contribution in [1.82, 2.24) is 4.90 Å². The van der Waals surface area contributed by atoms with E-state index in [1.807, 2.05) is 0 Å². The Balaban J connectivity index is 1.97. The lowest BCUT2D eigenvalue weighted by molar-refractivity contribution is 0.0894. The van der Waals surface area contributed by atoms with E-state index in [1.165, 1.54) is 32.4 Å². The molecule has 0 spiro atoms. The summed E-state index contributed by atoms with van der Waals surface area (Å²) in [5.74, 6) is 0. The van der Waals surface area contributed by atoms with Gasteiger partial charge >= 0.3 is 0 Å². The van der Waals surface area contributed by atoms with Crippen LogP contribution in [0.4, 0.5) is 0 Å². The van der Waals surface area contributed by atoms with Crippen LogP contribution >= 0.6 is 0 Å². The van der Waals surface area contributed by atoms with E-state index in [1.54, 1.807) is 0 Å². The molecule has 70 valence electrons. The van der Waals surface area contributed by atoms with Crippen LogP contribution in [0.25, 0.3) is 0 Å². The normalized spacial score (nSPS) is 36.8. The van der Waals surface area contributed by atoms with Gasteiger partial charge in [-0.1, -0.05) is 13.8 Å². The number of hydrogen-bond acceptors (Lipinski definition) is 2. The van der Waals surface area contributed by atoms with Crippen LogP contribution in [0, 0.1) is 5.41 Å². The van der Waals surface area contributed by atoms with Gasteiger partial charge in [-0.15, -0.1) is 0 Å². The average molecular weight is 168 g/mol. The van der Waals surface area contributed by atoms with E-state index in [4.69, 9.17) is 5.73 Å². The summed E-state index contributed by atoms with van der Waals surface area (Å²) < 4.78 is 0. The Kier molecular flexibility index (Phi) is 1.92. The third kappa shape index (κ3) is 1.50. The minimum absolute atomic E-state index is 0.334. The van der Waals surface area contributed by atoms with E-state index < -0.39 is 0 Å². The monoisotopic (exact) mass is 168 g/mol. The Morgan fingerprint density at radius 3 is 2.42 bits per heavy atom. The van der Waals surface area contributed by atoms with Crippen molar-refractivity contribution in [3.8, 4) is 0 Å². The first kappa shape index (κ1) is 8.52. The fourth-order valence-corrected chi connectivity index (χ4v) is 2.17. The molecular formula is C10H20N2. The summed E-state index contributed by atoms with van der Waals surface area (Å²) >= 11 is 0. The summed E-state index contributed by atoms with van der Waals surface area (Å²) in [5, 5.41) is 0. The number of hydrogen-bond donors (Lipinski definition) is 1. The minimum Gasteiger partial charge on any atom is -0.327 e. The van der Waals surface area contributed by atoms with Gasteiger partial charge in [0, 0.05) is 18.6 Å². The molecule has 2 rings (SSSR count). The van der Waals surface area contributed by atoms with Gasteiger partial charge in [0.05, 0.1) is 0 Å². The van der Waals surface area contributed by atoms with Gasteiger partial charge in [-0.25, -0.2) is 0 Å². The molecule has 1 heterocycles. The van der Waals surface area contributed by atoms with Crippen LogP contribution < -0.4 is 5.73 Å². The van der Waals surface area contributed by atoms with Crippen molar-refractivity contribution in [2.75, 3.05) is 13.1 Å². The third-order valence-corrected chi connectivity index (χ3v) is 3.40. The molecule has 0 bridgehead atoms. The maximum atomic E-state index is 6.07. The lowest BCUT2D eigenvalue weighted by Gasteiger charge is -2.42. The number of rotatable bonds is 1. The second kappa shape index (κ2) is 2.71. The summed E-state index contributed by atoms with van der Waals surface area (Å²) in [5.41, 5.74) is 6.40. The fraction of sp³-hybridized carbons (Fsp3) is 1.00. The van der Waals surface area contributed by atoms with Crippen molar-refractivity contribution >= 4 is 0 Å². The molecule has 1 saturated carbocycles. The van der Waals surface area contributed by atoms with Gasteiger partial charge in [0.1, 0.15) is 0 Å². The van der Waals surface area contributed by atoms with Crippen LogP contribution in [0.2, 0.25) is 0 Å². The smallest absolute Gasteiger partial charge is 0.0115 e. The van der Waals surface area contributed by atoms with E-state index in [0.29, 0.717) is 11.5 Å². The zero-order valence-corrected chi connectivity index (χ0v) is 8.21. The maximum absolute atomic E-state index is 6.07. The topological polar surface area (TPSA) is 29.3 Å². The molecule has 0 aromatic rings. The summed E-state index contributed by atoms with van der Waals surface area (Å²) in [4.78, 5) is 2.63. The maximum Gasteiger partial charge on any atom is 0.0115 e. The molecule has 0 radical (unpaired) electrons. The number of likely N-dealkylation sites (tertiary alicyclic amines) is 1. The predicted molar refractivity (Wildman–Crippen MR) is 51.0 cm³/mol. The highest BCUT2D eigenvalue weighted by Gasteiger charge is 2.39. The Morgan fingerprint density at radius 1 is 1.25 bits per heavy atom. The van der Waals surface area contributed by atoms with Crippen molar-refractivity contribution in [3.63, 3.8) is 0 Å². The molecule has 1 atom stereocenters. The molecule has 1 aliphatic carbocycles. The van der Waals surface area contributed by atoms with Crippen LogP contribution in [0.15, 0.2) is 0 Å². The average Bonchev–Trinajstić information content (AvgIpc) is 2.76. The molecule has 1 unspecified atom stereocenters. The van der Waals surface area contributed by atoms with Crippen molar-refractivity contribution < 1.29 is 0 Å². The van der Waals surface area contributed by atoms with Crippen molar-refractivity contribution in [2.45, 2.75) is 45.2 Å². The predicted octanol–water partition coefficient (Wildman–Crippen LogP) is 1.21. The van der Waals surface area contributed by atoms with Crippen LogP contribution in [0.1, 0.15) is 33.1 Å². The van der Waals surface area contributed by atoms with Gasteiger partial charge < -0.3 is 5.73 Å². The second-order valence-corrected chi connectivity index (χ2v) is 5.09. The molecule has 0 aromatic heterocycles. The lowest BCUT2D eigenvalue weighted by Crippen LogP contribution is -2.52. The molecular weight excluding hydrogens is 148 g/mol. The largest absolute Gasteiger partial charge is 0.327 e. The van der Waals surface area contributed by atoms with Crippen LogP contribution in [0.5, 0.6) is 0 Å². The zero-order valence-electron chi connectivity index (χ0n) is 8.21. The molecule has 2 heteroatoms. The number of piperidine rings is 1. The number of nitrogens with zero attached hydrogens (tertiary/aromatic N) is 1. The molecule has 1 aliphatic heterocycles. The molecule has 12 heavy (non-hydrogen) atoms. The minimum atomic E-state index is 0.334. The molecule has 0 amide bonds. The third-order valence-electron chi connectivity index (χ3n) is 3.40. The highest BCUT2D eigenvalue weighted by Crippen LogP contribution is 2.35. The first-order valence-electron chi connectivity index (χ1n) is 5.09. The fourth-order valence-electron chi connectivity index (χ4n) is 2.17. The second-order valence-electron chi connectivity index (χ2n) is 5.09. The highest BCUT2D eigenvalue weighted by molar-refractivity contribution is 4.95. The summed E-state index contributed by atoms with van der Waals surface area (Å²) in [6.45, 7) is 7.03. The van der Waals surface area contributed by atoms with Gasteiger partial charge in [0.25, 0.3) is 0 Å². The lowest BCUT2D eigenvalue weighted by atomic mass is 9.79. The van der Waals surface area contributed by atoms with Gasteiger partial charge in [0.15, 0.2) is 0 Å². The summed E-state index contributed by atoms with van der Waals surface area (Å²) in [6.07, 6.45) is 4.03. The quantitative estimate of drug-likeness (QED) is 0.637. The Bertz CT molecular complexity index is 173. The molecule has 0 aromatic carbocycles. The standard InChI is InChI=1S/C10H20N2/c1-10(2)7-12(8-3-4-8)6-5-9(10)11/h8-9H,3-7,11H2,1-2H3. The number of nitrogens with two attached hydrogens (primary N) is 1. The van der Waals surface area contributed by atoms with E-state index >= 15 is 0 Å². The van der Waals surface area contributed by atoms with Gasteiger partial charge in [-0.3, -0.25) is 4.90 Å². The van der Waals surface area contributed by atoms with Crippen molar-refractivity contribution in [2.24, 2.45) is 11.1 Å². The van der Waals surface area contributed by atoms with Gasteiger partial charge in [0.2, 0.25) is 0 Å². The van der Waals surface area contributed by atoms with Crippen molar-refractivity contribution in [1.29, 1.82) is 0 Å². The first-order valence-corrected chi connectivity index (χ1v) is 5.09. The molecule has 2 nitrogen and oxygen atoms in total. The Hall–Kier alpha value is -0.0800. The zero-order chi connectivity index (χ0) is 8.77. The molecule has 1 saturated heterocycles. The van der Waals surface area contributed by atoms with Crippen LogP contribution in [-0.2, 0) is 0 Å². The SMILES string of the molecule is CC1(C)CN(C2CC2)CCC1N. The van der Waals surface area contributed by atoms with E-state index in [-0.39, 0.29) is 0 Å². The van der Waals surface area contributed by atoms with E-state index in [0.717, 1.165) is 6.04 Å². The van der Waals surface area contributed by atoms with Crippen molar-refractivity contribution in [3.05, 3.63) is 0 Å². The first-order chi connectivity index (χ1) is 5.59. The Morgan fingerprint density at radius 2 is 1.92 bits per heavy atom. The summed E-state index contributed by atoms with van der Waals surface area (Å²) in [6, 6.07) is 1.32. The molecule has 2 N–H and O–H groups in total. The van der Waals surface area contributed by atoms with E-state index in [9.17, 15) is 0 Å².